The van der Waals surface area contributed by atoms with Gasteiger partial charge in [0.2, 0.25) is 0 Å². The molecular formula is C13H16O2. The molecule has 0 bridgehead atoms. The summed E-state index contributed by atoms with van der Waals surface area (Å²) in [4.78, 5) is 10.5. The molecule has 15 heavy (non-hydrogen) atoms. The molecule has 0 aliphatic carbocycles. The van der Waals surface area contributed by atoms with Crippen LogP contribution < -0.4 is 4.74 Å². The lowest BCUT2D eigenvalue weighted by Gasteiger charge is -2.12. The average Bonchev–Trinajstić information content (AvgIpc) is 2.66. The Morgan fingerprint density at radius 2 is 2.33 bits per heavy atom. The Labute approximate surface area is 90.3 Å². The van der Waals surface area contributed by atoms with E-state index in [1.165, 1.54) is 16.7 Å². The minimum Gasteiger partial charge on any atom is -0.493 e. The van der Waals surface area contributed by atoms with Gasteiger partial charge in [0.15, 0.2) is 0 Å². The zero-order valence-corrected chi connectivity index (χ0v) is 9.25. The van der Waals surface area contributed by atoms with Gasteiger partial charge in [-0.3, -0.25) is 0 Å². The first-order chi connectivity index (χ1) is 7.22. The highest BCUT2D eigenvalue weighted by molar-refractivity contribution is 5.53. The van der Waals surface area contributed by atoms with Gasteiger partial charge in [0.1, 0.15) is 12.0 Å². The summed E-state index contributed by atoms with van der Waals surface area (Å²) < 4.78 is 5.55. The molecule has 1 heterocycles. The number of rotatable bonds is 3. The van der Waals surface area contributed by atoms with E-state index in [2.05, 4.69) is 26.0 Å². The van der Waals surface area contributed by atoms with Gasteiger partial charge in [0.05, 0.1) is 6.61 Å². The molecule has 0 aromatic heterocycles. The van der Waals surface area contributed by atoms with E-state index >= 15 is 0 Å². The quantitative estimate of drug-likeness (QED) is 0.707. The van der Waals surface area contributed by atoms with Crippen LogP contribution in [0.1, 0.15) is 36.0 Å². The predicted octanol–water partition coefficient (Wildman–Crippen LogP) is 2.62. The zero-order valence-electron chi connectivity index (χ0n) is 9.25. The van der Waals surface area contributed by atoms with E-state index in [0.717, 1.165) is 25.1 Å². The number of carbonyl (C=O) groups is 1. The Morgan fingerprint density at radius 3 is 3.07 bits per heavy atom. The minimum absolute atomic E-state index is 0.312. The lowest BCUT2D eigenvalue weighted by Crippen LogP contribution is -1.96. The average molecular weight is 204 g/mol. The van der Waals surface area contributed by atoms with Crippen LogP contribution in [-0.4, -0.2) is 12.9 Å². The molecule has 0 radical (unpaired) electrons. The third-order valence-corrected chi connectivity index (χ3v) is 3.01. The number of carbonyl (C=O) groups excluding carboxylic acids is 1. The monoisotopic (exact) mass is 204 g/mol. The fourth-order valence-electron chi connectivity index (χ4n) is 2.10. The molecule has 1 unspecified atom stereocenters. The van der Waals surface area contributed by atoms with Crippen molar-refractivity contribution >= 4 is 6.29 Å². The highest BCUT2D eigenvalue weighted by atomic mass is 16.5. The van der Waals surface area contributed by atoms with Gasteiger partial charge in [0.25, 0.3) is 0 Å². The first-order valence-corrected chi connectivity index (χ1v) is 5.42. The molecule has 1 aromatic carbocycles. The van der Waals surface area contributed by atoms with Crippen molar-refractivity contribution in [3.8, 4) is 5.75 Å². The van der Waals surface area contributed by atoms with Crippen LogP contribution in [-0.2, 0) is 11.2 Å². The van der Waals surface area contributed by atoms with Gasteiger partial charge in [-0.25, -0.2) is 0 Å². The van der Waals surface area contributed by atoms with E-state index in [0.29, 0.717) is 12.3 Å². The molecule has 2 nitrogen and oxygen atoms in total. The van der Waals surface area contributed by atoms with Crippen LogP contribution in [0.25, 0.3) is 0 Å². The summed E-state index contributed by atoms with van der Waals surface area (Å²) in [6.07, 6.45) is 2.58. The number of hydrogen-bond acceptors (Lipinski definition) is 2. The van der Waals surface area contributed by atoms with Crippen LogP contribution >= 0.6 is 0 Å². The van der Waals surface area contributed by atoms with Crippen molar-refractivity contribution in [2.24, 2.45) is 0 Å². The number of hydrogen-bond donors (Lipinski definition) is 0. The maximum Gasteiger partial charge on any atom is 0.125 e. The van der Waals surface area contributed by atoms with E-state index in [-0.39, 0.29) is 0 Å². The first-order valence-electron chi connectivity index (χ1n) is 5.42. The summed E-state index contributed by atoms with van der Waals surface area (Å²) >= 11 is 0. The number of fused-ring (bicyclic) bond motifs is 1. The van der Waals surface area contributed by atoms with Crippen LogP contribution in [0.3, 0.4) is 0 Å². The summed E-state index contributed by atoms with van der Waals surface area (Å²) in [5, 5.41) is 0. The molecule has 2 heteroatoms. The fourth-order valence-corrected chi connectivity index (χ4v) is 2.10. The Balaban J connectivity index is 2.34. The van der Waals surface area contributed by atoms with Gasteiger partial charge < -0.3 is 9.53 Å². The van der Waals surface area contributed by atoms with Gasteiger partial charge in [0, 0.05) is 12.8 Å². The van der Waals surface area contributed by atoms with Crippen LogP contribution in [0, 0.1) is 6.92 Å². The third-order valence-electron chi connectivity index (χ3n) is 3.01. The second kappa shape index (κ2) is 4.05. The number of aryl methyl sites for hydroxylation is 1. The normalized spacial score (nSPS) is 15.6. The van der Waals surface area contributed by atoms with Crippen molar-refractivity contribution in [3.63, 3.8) is 0 Å². The van der Waals surface area contributed by atoms with Crippen LogP contribution in [0.4, 0.5) is 0 Å². The lowest BCUT2D eigenvalue weighted by atomic mass is 9.94. The van der Waals surface area contributed by atoms with Gasteiger partial charge in [-0.15, -0.1) is 0 Å². The second-order valence-electron chi connectivity index (χ2n) is 4.23. The van der Waals surface area contributed by atoms with Gasteiger partial charge in [-0.2, -0.15) is 0 Å². The molecule has 2 rings (SSSR count). The summed E-state index contributed by atoms with van der Waals surface area (Å²) in [5.41, 5.74) is 3.74. The van der Waals surface area contributed by atoms with E-state index in [1.54, 1.807) is 0 Å². The predicted molar refractivity (Wildman–Crippen MR) is 59.5 cm³/mol. The molecule has 0 amide bonds. The molecule has 1 aromatic rings. The highest BCUT2D eigenvalue weighted by Gasteiger charge is 2.17. The van der Waals surface area contributed by atoms with E-state index in [9.17, 15) is 4.79 Å². The van der Waals surface area contributed by atoms with Crippen molar-refractivity contribution < 1.29 is 9.53 Å². The molecule has 0 fully saturated rings. The van der Waals surface area contributed by atoms with Gasteiger partial charge in [-0.05, 0) is 29.5 Å². The number of ether oxygens (including phenoxy) is 1. The fraction of sp³-hybridized carbons (Fsp3) is 0.462. The summed E-state index contributed by atoms with van der Waals surface area (Å²) in [7, 11) is 0. The smallest absolute Gasteiger partial charge is 0.125 e. The topological polar surface area (TPSA) is 26.3 Å². The minimum atomic E-state index is 0.312. The molecule has 0 saturated carbocycles. The summed E-state index contributed by atoms with van der Waals surface area (Å²) in [6, 6.07) is 4.32. The SMILES string of the molecule is Cc1cc(C(C)CC=O)cc2c1OCC2. The van der Waals surface area contributed by atoms with Crippen LogP contribution in [0.2, 0.25) is 0 Å². The lowest BCUT2D eigenvalue weighted by molar-refractivity contribution is -0.108. The molecular weight excluding hydrogens is 188 g/mol. The Hall–Kier alpha value is -1.31. The van der Waals surface area contributed by atoms with Crippen molar-refractivity contribution in [1.82, 2.24) is 0 Å². The van der Waals surface area contributed by atoms with Gasteiger partial charge >= 0.3 is 0 Å². The van der Waals surface area contributed by atoms with Crippen LogP contribution in [0.15, 0.2) is 12.1 Å². The highest BCUT2D eigenvalue weighted by Crippen LogP contribution is 2.33. The molecule has 0 saturated heterocycles. The zero-order chi connectivity index (χ0) is 10.8. The van der Waals surface area contributed by atoms with E-state index < -0.39 is 0 Å². The number of benzene rings is 1. The van der Waals surface area contributed by atoms with Crippen molar-refractivity contribution in [2.75, 3.05) is 6.61 Å². The van der Waals surface area contributed by atoms with Gasteiger partial charge in [-0.1, -0.05) is 19.1 Å². The van der Waals surface area contributed by atoms with Crippen molar-refractivity contribution in [3.05, 3.63) is 28.8 Å². The molecule has 1 aliphatic heterocycles. The molecule has 0 N–H and O–H groups in total. The standard InChI is InChI=1S/C13H16O2/c1-9(3-5-14)12-7-10(2)13-11(8-12)4-6-15-13/h5,7-9H,3-4,6H2,1-2H3. The Bertz CT molecular complexity index is 382. The third kappa shape index (κ3) is 1.89. The van der Waals surface area contributed by atoms with E-state index in [4.69, 9.17) is 4.74 Å². The maximum absolute atomic E-state index is 10.5. The Morgan fingerprint density at radius 1 is 1.53 bits per heavy atom. The maximum atomic E-state index is 10.5. The molecule has 1 atom stereocenters. The second-order valence-corrected chi connectivity index (χ2v) is 4.23. The van der Waals surface area contributed by atoms with Crippen LogP contribution in [0.5, 0.6) is 5.75 Å². The molecule has 1 aliphatic rings. The summed E-state index contributed by atoms with van der Waals surface area (Å²) in [6.45, 7) is 4.95. The summed E-state index contributed by atoms with van der Waals surface area (Å²) in [5.74, 6) is 1.36. The van der Waals surface area contributed by atoms with E-state index in [1.807, 2.05) is 0 Å². The molecule has 80 valence electrons. The van der Waals surface area contributed by atoms with Crippen molar-refractivity contribution in [2.45, 2.75) is 32.6 Å². The van der Waals surface area contributed by atoms with Crippen molar-refractivity contribution in [1.29, 1.82) is 0 Å². The number of aldehydes is 1. The largest absolute Gasteiger partial charge is 0.493 e. The molecule has 0 spiro atoms. The Kier molecular flexibility index (Phi) is 2.76. The first kappa shape index (κ1) is 10.2.